The molecule has 6 heteroatoms. The largest absolute Gasteiger partial charge is 0.598 e. The highest BCUT2D eigenvalue weighted by Gasteiger charge is 2.42. The van der Waals surface area contributed by atoms with Gasteiger partial charge in [-0.1, -0.05) is 32.9 Å². The summed E-state index contributed by atoms with van der Waals surface area (Å²) in [4.78, 5) is 2.37. The Hall–Kier alpha value is -0.113. The van der Waals surface area contributed by atoms with Gasteiger partial charge in [0.25, 0.3) is 0 Å². The summed E-state index contributed by atoms with van der Waals surface area (Å²) in [6, 6.07) is -0.0231. The molecular formula is C21H42N2O2SSi. The molecule has 0 bridgehead atoms. The van der Waals surface area contributed by atoms with Crippen molar-refractivity contribution < 1.29 is 8.98 Å². The van der Waals surface area contributed by atoms with E-state index in [1.165, 1.54) is 5.57 Å². The third-order valence-corrected chi connectivity index (χ3v) is 11.8. The molecule has 4 nitrogen and oxygen atoms in total. The molecule has 27 heavy (non-hydrogen) atoms. The lowest BCUT2D eigenvalue weighted by Crippen LogP contribution is -2.54. The highest BCUT2D eigenvalue weighted by atomic mass is 32.2. The molecule has 0 saturated carbocycles. The molecule has 0 fully saturated rings. The number of hydrogen-bond donors (Lipinski definition) is 1. The third-order valence-electron chi connectivity index (χ3n) is 5.66. The molecule has 0 amide bonds. The number of nitrogens with one attached hydrogen (secondary N) is 1. The Bertz CT molecular complexity index is 523. The van der Waals surface area contributed by atoms with Crippen LogP contribution in [0.25, 0.3) is 0 Å². The first-order valence-electron chi connectivity index (χ1n) is 10.1. The molecular weight excluding hydrogens is 372 g/mol. The molecule has 0 spiro atoms. The van der Waals surface area contributed by atoms with Gasteiger partial charge in [0.1, 0.15) is 4.75 Å². The van der Waals surface area contributed by atoms with E-state index in [4.69, 9.17) is 4.43 Å². The average molecular weight is 415 g/mol. The van der Waals surface area contributed by atoms with Crippen molar-refractivity contribution in [3.8, 4) is 0 Å². The summed E-state index contributed by atoms with van der Waals surface area (Å²) in [7, 11) is -1.91. The first-order valence-corrected chi connectivity index (χ1v) is 14.1. The zero-order chi connectivity index (χ0) is 21.0. The molecule has 1 aliphatic rings. The maximum atomic E-state index is 12.9. The maximum absolute atomic E-state index is 12.9. The Morgan fingerprint density at radius 1 is 1.33 bits per heavy atom. The van der Waals surface area contributed by atoms with E-state index >= 15 is 0 Å². The van der Waals surface area contributed by atoms with Gasteiger partial charge in [-0.05, 0) is 57.8 Å². The van der Waals surface area contributed by atoms with Gasteiger partial charge in [-0.15, -0.1) is 11.3 Å². The number of rotatable bonds is 8. The minimum atomic E-state index is -1.91. The second-order valence-electron chi connectivity index (χ2n) is 10.1. The molecule has 0 aromatic heterocycles. The predicted octanol–water partition coefficient (Wildman–Crippen LogP) is 4.64. The smallest absolute Gasteiger partial charge is 0.192 e. The van der Waals surface area contributed by atoms with Gasteiger partial charge < -0.3 is 8.98 Å². The first kappa shape index (κ1) is 24.9. The van der Waals surface area contributed by atoms with E-state index in [0.717, 1.165) is 26.1 Å². The van der Waals surface area contributed by atoms with Crippen LogP contribution in [0.4, 0.5) is 0 Å². The zero-order valence-corrected chi connectivity index (χ0v) is 20.8. The molecule has 1 rings (SSSR count). The predicted molar refractivity (Wildman–Crippen MR) is 122 cm³/mol. The van der Waals surface area contributed by atoms with Crippen molar-refractivity contribution in [3.05, 3.63) is 24.3 Å². The Morgan fingerprint density at radius 3 is 2.33 bits per heavy atom. The third kappa shape index (κ3) is 7.33. The second kappa shape index (κ2) is 9.59. The van der Waals surface area contributed by atoms with Gasteiger partial charge in [0.2, 0.25) is 0 Å². The molecule has 1 N–H and O–H groups in total. The Balaban J connectivity index is 3.03. The van der Waals surface area contributed by atoms with E-state index in [0.29, 0.717) is 0 Å². The van der Waals surface area contributed by atoms with Crippen molar-refractivity contribution >= 4 is 19.7 Å². The maximum Gasteiger partial charge on any atom is 0.192 e. The van der Waals surface area contributed by atoms with Crippen LogP contribution >= 0.6 is 0 Å². The molecule has 1 heterocycles. The van der Waals surface area contributed by atoms with Crippen LogP contribution < -0.4 is 4.72 Å². The van der Waals surface area contributed by atoms with Crippen LogP contribution in [0.2, 0.25) is 18.1 Å². The van der Waals surface area contributed by atoms with E-state index < -0.39 is 19.7 Å². The quantitative estimate of drug-likeness (QED) is 0.357. The zero-order valence-electron chi connectivity index (χ0n) is 19.0. The molecule has 0 aromatic rings. The summed E-state index contributed by atoms with van der Waals surface area (Å²) in [6.45, 7) is 26.2. The lowest BCUT2D eigenvalue weighted by molar-refractivity contribution is 0.170. The second-order valence-corrected chi connectivity index (χ2v) is 16.9. The molecule has 1 aliphatic heterocycles. The molecule has 0 aromatic carbocycles. The topological polar surface area (TPSA) is 47.6 Å². The Morgan fingerprint density at radius 2 is 1.93 bits per heavy atom. The van der Waals surface area contributed by atoms with Gasteiger partial charge >= 0.3 is 0 Å². The van der Waals surface area contributed by atoms with Crippen molar-refractivity contribution in [1.82, 2.24) is 9.62 Å². The van der Waals surface area contributed by atoms with Gasteiger partial charge in [0.15, 0.2) is 8.32 Å². The van der Waals surface area contributed by atoms with Crippen LogP contribution in [0.3, 0.4) is 0 Å². The monoisotopic (exact) mass is 414 g/mol. The van der Waals surface area contributed by atoms with E-state index in [9.17, 15) is 4.55 Å². The summed E-state index contributed by atoms with van der Waals surface area (Å²) in [5.74, 6) is 0. The van der Waals surface area contributed by atoms with Crippen molar-refractivity contribution in [2.75, 3.05) is 19.6 Å². The van der Waals surface area contributed by atoms with E-state index in [2.05, 4.69) is 63.1 Å². The van der Waals surface area contributed by atoms with E-state index in [1.54, 1.807) is 0 Å². The Kier molecular flexibility index (Phi) is 8.85. The summed E-state index contributed by atoms with van der Waals surface area (Å²) in [5, 5.41) is 0.149. The van der Waals surface area contributed by atoms with Gasteiger partial charge in [0.05, 0.1) is 12.1 Å². The SMILES string of the molecule is C=CCN1CC=C([C@@H](N[S@@+]([O-])C(C)(C)C)[C@@H](C)O[Si](C)(C)C(C)(C)C)CC1. The fourth-order valence-electron chi connectivity index (χ4n) is 2.83. The van der Waals surface area contributed by atoms with Crippen molar-refractivity contribution in [2.24, 2.45) is 0 Å². The van der Waals surface area contributed by atoms with E-state index in [1.807, 2.05) is 26.8 Å². The van der Waals surface area contributed by atoms with E-state index in [-0.39, 0.29) is 21.9 Å². The van der Waals surface area contributed by atoms with Crippen LogP contribution in [0.1, 0.15) is 54.9 Å². The average Bonchev–Trinajstić information content (AvgIpc) is 2.51. The van der Waals surface area contributed by atoms with Gasteiger partial charge in [-0.2, -0.15) is 0 Å². The summed E-state index contributed by atoms with van der Waals surface area (Å²) < 4.78 is 22.6. The van der Waals surface area contributed by atoms with Crippen LogP contribution in [-0.4, -0.2) is 54.3 Å². The van der Waals surface area contributed by atoms with Crippen molar-refractivity contribution in [3.63, 3.8) is 0 Å². The number of nitrogens with zero attached hydrogens (tertiary/aromatic N) is 1. The van der Waals surface area contributed by atoms with Gasteiger partial charge in [-0.25, -0.2) is 0 Å². The molecule has 0 aliphatic carbocycles. The minimum Gasteiger partial charge on any atom is -0.598 e. The highest BCUT2D eigenvalue weighted by Crippen LogP contribution is 2.38. The van der Waals surface area contributed by atoms with Gasteiger partial charge in [-0.3, -0.25) is 4.90 Å². The van der Waals surface area contributed by atoms with Crippen molar-refractivity contribution in [1.29, 1.82) is 0 Å². The first-order chi connectivity index (χ1) is 12.2. The van der Waals surface area contributed by atoms with Crippen LogP contribution in [-0.2, 0) is 15.8 Å². The normalized spacial score (nSPS) is 20.7. The highest BCUT2D eigenvalue weighted by molar-refractivity contribution is 7.90. The fourth-order valence-corrected chi connectivity index (χ4v) is 5.18. The van der Waals surface area contributed by atoms with Crippen LogP contribution in [0.15, 0.2) is 24.3 Å². The molecule has 0 radical (unpaired) electrons. The summed E-state index contributed by atoms with van der Waals surface area (Å²) in [5.41, 5.74) is 1.32. The minimum absolute atomic E-state index is 0.0191. The summed E-state index contributed by atoms with van der Waals surface area (Å²) >= 11 is -1.14. The van der Waals surface area contributed by atoms with Crippen molar-refractivity contribution in [2.45, 2.75) is 89.9 Å². The molecule has 158 valence electrons. The van der Waals surface area contributed by atoms with Crippen LogP contribution in [0.5, 0.6) is 0 Å². The molecule has 0 unspecified atom stereocenters. The summed E-state index contributed by atoms with van der Waals surface area (Å²) in [6.07, 6.45) is 5.19. The molecule has 3 atom stereocenters. The van der Waals surface area contributed by atoms with Gasteiger partial charge in [0, 0.05) is 31.0 Å². The molecule has 0 saturated heterocycles. The fraction of sp³-hybridized carbons (Fsp3) is 0.810. The standard InChI is InChI=1S/C21H42N2O2SSi/c1-11-14-23-15-12-18(13-16-23)19(22-26(24)20(3,4)5)17(2)25-27(9,10)21(6,7)8/h11-12,17,19,22H,1,13-16H2,2-10H3/t17-,19+,26+/m1/s1. The lowest BCUT2D eigenvalue weighted by atomic mass is 9.97. The Labute approximate surface area is 172 Å². The number of hydrogen-bond acceptors (Lipinski definition) is 4. The van der Waals surface area contributed by atoms with Crippen LogP contribution in [0, 0.1) is 0 Å². The lowest BCUT2D eigenvalue weighted by Gasteiger charge is -2.42.